The molecule has 0 amide bonds. The molecule has 1 N–H and O–H groups in total. The molecule has 1 aliphatic heterocycles. The standard InChI is InChI=1S/C14H24N2S/c1-10-4-6-16(7-5-10)14(17)15-13-9-11-2-3-12(13)8-11/h10-13H,2-9H2,1H3,(H,15,17)/t11-,12+,13+/m1/s1. The highest BCUT2D eigenvalue weighted by Crippen LogP contribution is 2.44. The average Bonchev–Trinajstić information content (AvgIpc) is 2.91. The number of fused-ring (bicyclic) bond motifs is 2. The van der Waals surface area contributed by atoms with Crippen molar-refractivity contribution in [3.8, 4) is 0 Å². The van der Waals surface area contributed by atoms with E-state index >= 15 is 0 Å². The van der Waals surface area contributed by atoms with Gasteiger partial charge in [-0.05, 0) is 62.1 Å². The van der Waals surface area contributed by atoms with Gasteiger partial charge in [-0.25, -0.2) is 0 Å². The first kappa shape index (κ1) is 11.8. The molecule has 0 aromatic heterocycles. The Balaban J connectivity index is 1.50. The van der Waals surface area contributed by atoms with E-state index in [1.165, 1.54) is 38.5 Å². The Hall–Kier alpha value is -0.310. The number of thiocarbonyl (C=S) groups is 1. The van der Waals surface area contributed by atoms with Gasteiger partial charge >= 0.3 is 0 Å². The molecule has 3 heteroatoms. The molecule has 0 radical (unpaired) electrons. The smallest absolute Gasteiger partial charge is 0.169 e. The zero-order chi connectivity index (χ0) is 11.8. The molecule has 17 heavy (non-hydrogen) atoms. The van der Waals surface area contributed by atoms with E-state index in [1.54, 1.807) is 0 Å². The molecular formula is C14H24N2S. The molecule has 1 saturated heterocycles. The molecule has 0 spiro atoms. The number of rotatable bonds is 1. The highest BCUT2D eigenvalue weighted by Gasteiger charge is 2.40. The molecule has 0 aromatic carbocycles. The van der Waals surface area contributed by atoms with E-state index in [1.807, 2.05) is 0 Å². The molecule has 0 aromatic rings. The van der Waals surface area contributed by atoms with Crippen LogP contribution in [0.3, 0.4) is 0 Å². The van der Waals surface area contributed by atoms with Crippen LogP contribution in [-0.2, 0) is 0 Å². The first-order valence-electron chi connectivity index (χ1n) is 7.28. The molecule has 2 bridgehead atoms. The fourth-order valence-electron chi connectivity index (χ4n) is 3.88. The van der Waals surface area contributed by atoms with E-state index in [0.29, 0.717) is 6.04 Å². The lowest BCUT2D eigenvalue weighted by Gasteiger charge is -2.35. The van der Waals surface area contributed by atoms with Crippen LogP contribution >= 0.6 is 12.2 Å². The molecule has 96 valence electrons. The number of nitrogens with one attached hydrogen (secondary N) is 1. The van der Waals surface area contributed by atoms with Crippen molar-refractivity contribution < 1.29 is 0 Å². The molecule has 3 rings (SSSR count). The lowest BCUT2D eigenvalue weighted by atomic mass is 9.95. The monoisotopic (exact) mass is 252 g/mol. The second-order valence-electron chi connectivity index (χ2n) is 6.40. The first-order chi connectivity index (χ1) is 8.22. The van der Waals surface area contributed by atoms with Gasteiger partial charge in [-0.1, -0.05) is 13.3 Å². The van der Waals surface area contributed by atoms with Crippen molar-refractivity contribution in [3.63, 3.8) is 0 Å². The zero-order valence-electron chi connectivity index (χ0n) is 10.8. The van der Waals surface area contributed by atoms with E-state index in [2.05, 4.69) is 17.1 Å². The van der Waals surface area contributed by atoms with Gasteiger partial charge in [-0.2, -0.15) is 0 Å². The molecule has 3 fully saturated rings. The molecular weight excluding hydrogens is 228 g/mol. The van der Waals surface area contributed by atoms with E-state index < -0.39 is 0 Å². The van der Waals surface area contributed by atoms with Gasteiger partial charge < -0.3 is 10.2 Å². The van der Waals surface area contributed by atoms with Crippen LogP contribution in [0.15, 0.2) is 0 Å². The van der Waals surface area contributed by atoms with Crippen LogP contribution in [0.4, 0.5) is 0 Å². The molecule has 1 heterocycles. The topological polar surface area (TPSA) is 15.3 Å². The van der Waals surface area contributed by atoms with E-state index in [4.69, 9.17) is 12.2 Å². The Bertz CT molecular complexity index is 297. The van der Waals surface area contributed by atoms with Crippen LogP contribution in [0.5, 0.6) is 0 Å². The fourth-order valence-corrected chi connectivity index (χ4v) is 4.22. The summed E-state index contributed by atoms with van der Waals surface area (Å²) in [7, 11) is 0. The van der Waals surface area contributed by atoms with Gasteiger partial charge in [0, 0.05) is 19.1 Å². The van der Waals surface area contributed by atoms with Crippen LogP contribution < -0.4 is 5.32 Å². The van der Waals surface area contributed by atoms with Gasteiger partial charge in [-0.3, -0.25) is 0 Å². The third kappa shape index (κ3) is 2.44. The van der Waals surface area contributed by atoms with E-state index in [-0.39, 0.29) is 0 Å². The fraction of sp³-hybridized carbons (Fsp3) is 0.929. The van der Waals surface area contributed by atoms with Crippen molar-refractivity contribution in [2.75, 3.05) is 13.1 Å². The summed E-state index contributed by atoms with van der Waals surface area (Å²) in [5, 5.41) is 4.69. The normalized spacial score (nSPS) is 37.5. The Morgan fingerprint density at radius 3 is 2.47 bits per heavy atom. The second kappa shape index (κ2) is 4.75. The third-order valence-electron chi connectivity index (χ3n) is 5.12. The van der Waals surface area contributed by atoms with Gasteiger partial charge in [0.25, 0.3) is 0 Å². The van der Waals surface area contributed by atoms with Crippen LogP contribution in [0.25, 0.3) is 0 Å². The van der Waals surface area contributed by atoms with Crippen molar-refractivity contribution in [2.45, 2.75) is 51.5 Å². The lowest BCUT2D eigenvalue weighted by Crippen LogP contribution is -2.48. The van der Waals surface area contributed by atoms with Crippen molar-refractivity contribution in [1.29, 1.82) is 0 Å². The zero-order valence-corrected chi connectivity index (χ0v) is 11.6. The van der Waals surface area contributed by atoms with Crippen molar-refractivity contribution >= 4 is 17.3 Å². The van der Waals surface area contributed by atoms with Gasteiger partial charge in [-0.15, -0.1) is 0 Å². The SMILES string of the molecule is CC1CCN(C(=S)N[C@H]2C[C@@H]3CC[C@H]2C3)CC1. The maximum atomic E-state index is 5.58. The molecule has 3 atom stereocenters. The van der Waals surface area contributed by atoms with E-state index in [0.717, 1.165) is 36.0 Å². The summed E-state index contributed by atoms with van der Waals surface area (Å²) in [5.74, 6) is 2.81. The number of hydrogen-bond acceptors (Lipinski definition) is 1. The van der Waals surface area contributed by atoms with Gasteiger partial charge in [0.1, 0.15) is 0 Å². The minimum Gasteiger partial charge on any atom is -0.360 e. The van der Waals surface area contributed by atoms with Crippen LogP contribution in [0, 0.1) is 17.8 Å². The van der Waals surface area contributed by atoms with Crippen molar-refractivity contribution in [3.05, 3.63) is 0 Å². The number of hydrogen-bond donors (Lipinski definition) is 1. The van der Waals surface area contributed by atoms with Crippen molar-refractivity contribution in [2.24, 2.45) is 17.8 Å². The molecule has 2 aliphatic carbocycles. The average molecular weight is 252 g/mol. The number of likely N-dealkylation sites (tertiary alicyclic amines) is 1. The number of piperidine rings is 1. The predicted octanol–water partition coefficient (Wildman–Crippen LogP) is 2.78. The largest absolute Gasteiger partial charge is 0.360 e. The maximum absolute atomic E-state index is 5.58. The molecule has 2 saturated carbocycles. The summed E-state index contributed by atoms with van der Waals surface area (Å²) in [4.78, 5) is 2.39. The Labute approximate surface area is 110 Å². The lowest BCUT2D eigenvalue weighted by molar-refractivity contribution is 0.270. The number of nitrogens with zero attached hydrogens (tertiary/aromatic N) is 1. The highest BCUT2D eigenvalue weighted by molar-refractivity contribution is 7.80. The van der Waals surface area contributed by atoms with Crippen LogP contribution in [0.1, 0.15) is 45.4 Å². The van der Waals surface area contributed by atoms with Gasteiger partial charge in [0.05, 0.1) is 0 Å². The summed E-state index contributed by atoms with van der Waals surface area (Å²) < 4.78 is 0. The van der Waals surface area contributed by atoms with Gasteiger partial charge in [0.15, 0.2) is 5.11 Å². The van der Waals surface area contributed by atoms with Crippen LogP contribution in [-0.4, -0.2) is 29.1 Å². The Kier molecular flexibility index (Phi) is 3.29. The third-order valence-corrected chi connectivity index (χ3v) is 5.49. The second-order valence-corrected chi connectivity index (χ2v) is 6.79. The first-order valence-corrected chi connectivity index (χ1v) is 7.68. The van der Waals surface area contributed by atoms with Crippen LogP contribution in [0.2, 0.25) is 0 Å². The summed E-state index contributed by atoms with van der Waals surface area (Å²) >= 11 is 5.58. The summed E-state index contributed by atoms with van der Waals surface area (Å²) in [6.45, 7) is 4.67. The predicted molar refractivity (Wildman–Crippen MR) is 74.9 cm³/mol. The minimum atomic E-state index is 0.695. The summed E-state index contributed by atoms with van der Waals surface area (Å²) in [6, 6.07) is 0.695. The Morgan fingerprint density at radius 2 is 1.88 bits per heavy atom. The van der Waals surface area contributed by atoms with Gasteiger partial charge in [0.2, 0.25) is 0 Å². The molecule has 3 aliphatic rings. The summed E-state index contributed by atoms with van der Waals surface area (Å²) in [6.07, 6.45) is 8.34. The molecule has 2 nitrogen and oxygen atoms in total. The molecule has 0 unspecified atom stereocenters. The minimum absolute atomic E-state index is 0.695. The Morgan fingerprint density at radius 1 is 1.12 bits per heavy atom. The van der Waals surface area contributed by atoms with Crippen molar-refractivity contribution in [1.82, 2.24) is 10.2 Å². The highest BCUT2D eigenvalue weighted by atomic mass is 32.1. The quantitative estimate of drug-likeness (QED) is 0.723. The summed E-state index contributed by atoms with van der Waals surface area (Å²) in [5.41, 5.74) is 0. The van der Waals surface area contributed by atoms with E-state index in [9.17, 15) is 0 Å². The maximum Gasteiger partial charge on any atom is 0.169 e.